The van der Waals surface area contributed by atoms with Gasteiger partial charge >= 0.3 is 5.97 Å². The van der Waals surface area contributed by atoms with E-state index in [0.29, 0.717) is 17.9 Å². The van der Waals surface area contributed by atoms with Crippen molar-refractivity contribution >= 4 is 23.5 Å². The maximum Gasteiger partial charge on any atom is 0.338 e. The monoisotopic (exact) mass is 344 g/mol. The lowest BCUT2D eigenvalue weighted by Crippen LogP contribution is -2.43. The van der Waals surface area contributed by atoms with Crippen LogP contribution in [0, 0.1) is 23.7 Å². The summed E-state index contributed by atoms with van der Waals surface area (Å²) in [6.45, 7) is 2.29. The number of carbonyl (C=O) groups is 3. The summed E-state index contributed by atoms with van der Waals surface area (Å²) in [5.41, 5.74) is 0.955. The number of esters is 1. The molecule has 25 heavy (non-hydrogen) atoms. The standard InChI is InChI=1S/C19H23NO5/c1-2-9-25-19(24)11-5-7-14(8-6-11)20-17(21)15-12-3-4-13(10-12)16(15)18(22)23/h5-8,12-13,15-16H,2-4,9-10H2,1H3,(H,20,21)(H,22,23)/p-1/t12-,13+,15+,16+/m1/s1. The molecule has 0 saturated heterocycles. The van der Waals surface area contributed by atoms with Crippen LogP contribution >= 0.6 is 0 Å². The van der Waals surface area contributed by atoms with E-state index in [9.17, 15) is 19.5 Å². The van der Waals surface area contributed by atoms with E-state index in [-0.39, 0.29) is 17.7 Å². The molecule has 1 amide bonds. The second-order valence-corrected chi connectivity index (χ2v) is 6.91. The van der Waals surface area contributed by atoms with Crippen LogP contribution < -0.4 is 10.4 Å². The van der Waals surface area contributed by atoms with Crippen molar-refractivity contribution in [2.45, 2.75) is 32.6 Å². The summed E-state index contributed by atoms with van der Waals surface area (Å²) in [5.74, 6) is -2.84. The van der Waals surface area contributed by atoms with Gasteiger partial charge in [0, 0.05) is 23.5 Å². The summed E-state index contributed by atoms with van der Waals surface area (Å²) in [6.07, 6.45) is 3.30. The van der Waals surface area contributed by atoms with Gasteiger partial charge in [0.15, 0.2) is 0 Å². The predicted octanol–water partition coefficient (Wildman–Crippen LogP) is 1.60. The minimum absolute atomic E-state index is 0.0569. The number of fused-ring (bicyclic) bond motifs is 2. The smallest absolute Gasteiger partial charge is 0.338 e. The molecule has 6 nitrogen and oxygen atoms in total. The molecule has 1 N–H and O–H groups in total. The molecule has 134 valence electrons. The summed E-state index contributed by atoms with van der Waals surface area (Å²) in [4.78, 5) is 35.8. The van der Waals surface area contributed by atoms with Crippen molar-refractivity contribution in [2.75, 3.05) is 11.9 Å². The highest BCUT2D eigenvalue weighted by Crippen LogP contribution is 2.52. The number of anilines is 1. The highest BCUT2D eigenvalue weighted by molar-refractivity contribution is 5.96. The lowest BCUT2D eigenvalue weighted by Gasteiger charge is -2.30. The van der Waals surface area contributed by atoms with Crippen molar-refractivity contribution in [3.8, 4) is 0 Å². The number of amides is 1. The Morgan fingerprint density at radius 2 is 1.76 bits per heavy atom. The molecule has 2 aliphatic carbocycles. The van der Waals surface area contributed by atoms with Gasteiger partial charge in [-0.05, 0) is 61.8 Å². The summed E-state index contributed by atoms with van der Waals surface area (Å²) < 4.78 is 5.05. The van der Waals surface area contributed by atoms with Crippen LogP contribution in [0.1, 0.15) is 43.0 Å². The Hall–Kier alpha value is -2.37. The van der Waals surface area contributed by atoms with E-state index in [0.717, 1.165) is 25.7 Å². The third kappa shape index (κ3) is 3.52. The topological polar surface area (TPSA) is 95.5 Å². The Balaban J connectivity index is 1.65. The van der Waals surface area contributed by atoms with Crippen LogP contribution in [0.15, 0.2) is 24.3 Å². The number of carbonyl (C=O) groups excluding carboxylic acids is 3. The predicted molar refractivity (Wildman–Crippen MR) is 88.5 cm³/mol. The second-order valence-electron chi connectivity index (χ2n) is 6.91. The van der Waals surface area contributed by atoms with E-state index in [2.05, 4.69) is 5.32 Å². The number of ether oxygens (including phenoxy) is 1. The molecule has 2 bridgehead atoms. The molecule has 3 rings (SSSR count). The third-order valence-corrected chi connectivity index (χ3v) is 5.32. The van der Waals surface area contributed by atoms with E-state index in [1.807, 2.05) is 6.92 Å². The molecule has 0 aliphatic heterocycles. The highest BCUT2D eigenvalue weighted by atomic mass is 16.5. The van der Waals surface area contributed by atoms with E-state index >= 15 is 0 Å². The van der Waals surface area contributed by atoms with Crippen LogP contribution in [0.5, 0.6) is 0 Å². The number of rotatable bonds is 6. The van der Waals surface area contributed by atoms with Gasteiger partial charge in [0.05, 0.1) is 12.2 Å². The van der Waals surface area contributed by atoms with Crippen LogP contribution in [-0.2, 0) is 14.3 Å². The fourth-order valence-corrected chi connectivity index (χ4v) is 4.20. The van der Waals surface area contributed by atoms with Crippen molar-refractivity contribution in [3.63, 3.8) is 0 Å². The van der Waals surface area contributed by atoms with Crippen molar-refractivity contribution in [1.82, 2.24) is 0 Å². The normalized spacial score (nSPS) is 27.1. The molecule has 2 aliphatic rings. The molecule has 0 aromatic heterocycles. The van der Waals surface area contributed by atoms with Gasteiger partial charge < -0.3 is 20.0 Å². The van der Waals surface area contributed by atoms with Gasteiger partial charge in [0.2, 0.25) is 5.91 Å². The second kappa shape index (κ2) is 7.25. The third-order valence-electron chi connectivity index (χ3n) is 5.32. The van der Waals surface area contributed by atoms with Crippen molar-refractivity contribution < 1.29 is 24.2 Å². The summed E-state index contributed by atoms with van der Waals surface area (Å²) in [6, 6.07) is 6.43. The largest absolute Gasteiger partial charge is 0.550 e. The van der Waals surface area contributed by atoms with Crippen LogP contribution in [0.2, 0.25) is 0 Å². The molecule has 0 unspecified atom stereocenters. The van der Waals surface area contributed by atoms with Gasteiger partial charge in [-0.25, -0.2) is 4.79 Å². The minimum Gasteiger partial charge on any atom is -0.550 e. The first-order valence-electron chi connectivity index (χ1n) is 8.80. The number of nitrogens with one attached hydrogen (secondary N) is 1. The summed E-state index contributed by atoms with van der Waals surface area (Å²) >= 11 is 0. The molecule has 0 radical (unpaired) electrons. The molecule has 1 aromatic rings. The first kappa shape index (κ1) is 17.5. The maximum atomic E-state index is 12.6. The van der Waals surface area contributed by atoms with E-state index in [1.165, 1.54) is 0 Å². The summed E-state index contributed by atoms with van der Waals surface area (Å²) in [5, 5.41) is 14.2. The van der Waals surface area contributed by atoms with Crippen molar-refractivity contribution in [3.05, 3.63) is 29.8 Å². The molecule has 0 spiro atoms. The van der Waals surface area contributed by atoms with Crippen LogP contribution in [0.4, 0.5) is 5.69 Å². The maximum absolute atomic E-state index is 12.6. The van der Waals surface area contributed by atoms with Gasteiger partial charge in [0.1, 0.15) is 0 Å². The van der Waals surface area contributed by atoms with Gasteiger partial charge in [-0.3, -0.25) is 4.79 Å². The number of hydrogen-bond acceptors (Lipinski definition) is 5. The average Bonchev–Trinajstić information content (AvgIpc) is 3.21. The zero-order chi connectivity index (χ0) is 18.0. The average molecular weight is 344 g/mol. The molecule has 4 atom stereocenters. The van der Waals surface area contributed by atoms with Gasteiger partial charge in [-0.2, -0.15) is 0 Å². The fourth-order valence-electron chi connectivity index (χ4n) is 4.20. The minimum atomic E-state index is -1.12. The number of carboxylic acids is 1. The van der Waals surface area contributed by atoms with Gasteiger partial charge in [-0.1, -0.05) is 6.92 Å². The SMILES string of the molecule is CCCOC(=O)c1ccc(NC(=O)[C@H]2[C@@H]3CC[C@@H](C3)[C@@H]2C(=O)[O-])cc1. The first-order chi connectivity index (χ1) is 12.0. The lowest BCUT2D eigenvalue weighted by atomic mass is 9.78. The number of aliphatic carboxylic acids is 1. The molecule has 2 saturated carbocycles. The van der Waals surface area contributed by atoms with Crippen LogP contribution in [-0.4, -0.2) is 24.5 Å². The Morgan fingerprint density at radius 3 is 2.36 bits per heavy atom. The van der Waals surface area contributed by atoms with E-state index < -0.39 is 23.8 Å². The number of hydrogen-bond donors (Lipinski definition) is 1. The van der Waals surface area contributed by atoms with E-state index in [1.54, 1.807) is 24.3 Å². The molecule has 2 fully saturated rings. The zero-order valence-corrected chi connectivity index (χ0v) is 14.2. The molecular formula is C19H22NO5-. The van der Waals surface area contributed by atoms with Crippen LogP contribution in [0.25, 0.3) is 0 Å². The Morgan fingerprint density at radius 1 is 1.12 bits per heavy atom. The molecule has 6 heteroatoms. The van der Waals surface area contributed by atoms with E-state index in [4.69, 9.17) is 4.74 Å². The first-order valence-corrected chi connectivity index (χ1v) is 8.80. The lowest BCUT2D eigenvalue weighted by molar-refractivity contribution is -0.314. The van der Waals surface area contributed by atoms with Crippen molar-refractivity contribution in [2.24, 2.45) is 23.7 Å². The number of benzene rings is 1. The molecular weight excluding hydrogens is 322 g/mol. The molecule has 0 heterocycles. The number of carboxylic acid groups (broad SMARTS) is 1. The quantitative estimate of drug-likeness (QED) is 0.791. The van der Waals surface area contributed by atoms with Crippen molar-refractivity contribution in [1.29, 1.82) is 0 Å². The Kier molecular flexibility index (Phi) is 5.06. The van der Waals surface area contributed by atoms with Gasteiger partial charge in [0.25, 0.3) is 0 Å². The zero-order valence-electron chi connectivity index (χ0n) is 14.2. The summed E-state index contributed by atoms with van der Waals surface area (Å²) in [7, 11) is 0. The molecule has 1 aromatic carbocycles. The van der Waals surface area contributed by atoms with Gasteiger partial charge in [-0.15, -0.1) is 0 Å². The van der Waals surface area contributed by atoms with Crippen LogP contribution in [0.3, 0.4) is 0 Å². The fraction of sp³-hybridized carbons (Fsp3) is 0.526. The Labute approximate surface area is 146 Å². The highest BCUT2D eigenvalue weighted by Gasteiger charge is 2.51. The Bertz CT molecular complexity index is 669.